The highest BCUT2D eigenvalue weighted by molar-refractivity contribution is 5.87. The smallest absolute Gasteiger partial charge is 0.328 e. The molecule has 6 nitrogen and oxygen atoms in total. The molecule has 0 saturated carbocycles. The van der Waals surface area contributed by atoms with Crippen LogP contribution in [0.25, 0.3) is 5.65 Å². The predicted octanol–water partition coefficient (Wildman–Crippen LogP) is 1.16. The van der Waals surface area contributed by atoms with Crippen molar-refractivity contribution in [3.8, 4) is 0 Å². The minimum absolute atomic E-state index is 0.0530. The number of aliphatic carboxylic acids is 1. The summed E-state index contributed by atoms with van der Waals surface area (Å²) in [7, 11) is 0. The molecule has 2 N–H and O–H groups in total. The summed E-state index contributed by atoms with van der Waals surface area (Å²) in [6.45, 7) is 4.86. The van der Waals surface area contributed by atoms with Gasteiger partial charge >= 0.3 is 5.97 Å². The van der Waals surface area contributed by atoms with Gasteiger partial charge in [0.2, 0.25) is 5.91 Å². The van der Waals surface area contributed by atoms with Gasteiger partial charge in [0.15, 0.2) is 0 Å². The quantitative estimate of drug-likeness (QED) is 0.877. The lowest BCUT2D eigenvalue weighted by molar-refractivity contribution is -0.145. The van der Waals surface area contributed by atoms with Gasteiger partial charge in [-0.1, -0.05) is 0 Å². The van der Waals surface area contributed by atoms with E-state index in [-0.39, 0.29) is 12.3 Å². The number of carbonyl (C=O) groups is 2. The standard InChI is InChI=1S/C14H17N3O3/c1-9-4-5-17-8-10(15-11(17)6-9)7-12(18)16-14(2,3)13(19)20/h4-6,8H,7H2,1-3H3,(H,16,18)(H,19,20). The van der Waals surface area contributed by atoms with E-state index in [1.54, 1.807) is 6.20 Å². The predicted molar refractivity (Wildman–Crippen MR) is 73.5 cm³/mol. The molecule has 0 spiro atoms. The Morgan fingerprint density at radius 1 is 1.45 bits per heavy atom. The Labute approximate surface area is 116 Å². The van der Waals surface area contributed by atoms with Crippen LogP contribution in [0, 0.1) is 6.92 Å². The number of carboxylic acid groups (broad SMARTS) is 1. The topological polar surface area (TPSA) is 83.7 Å². The van der Waals surface area contributed by atoms with E-state index >= 15 is 0 Å². The maximum atomic E-state index is 11.9. The second-order valence-electron chi connectivity index (χ2n) is 5.36. The molecule has 20 heavy (non-hydrogen) atoms. The summed E-state index contributed by atoms with van der Waals surface area (Å²) in [5.41, 5.74) is 1.18. The Balaban J connectivity index is 2.12. The van der Waals surface area contributed by atoms with E-state index in [1.165, 1.54) is 13.8 Å². The molecular weight excluding hydrogens is 258 g/mol. The molecular formula is C14H17N3O3. The second kappa shape index (κ2) is 4.96. The van der Waals surface area contributed by atoms with Crippen LogP contribution in [0.5, 0.6) is 0 Å². The third-order valence-electron chi connectivity index (χ3n) is 2.99. The summed E-state index contributed by atoms with van der Waals surface area (Å²) < 4.78 is 1.83. The van der Waals surface area contributed by atoms with Gasteiger partial charge in [-0.05, 0) is 38.5 Å². The zero-order valence-corrected chi connectivity index (χ0v) is 11.7. The van der Waals surface area contributed by atoms with Crippen LogP contribution in [0.3, 0.4) is 0 Å². The van der Waals surface area contributed by atoms with Crippen LogP contribution in [0.2, 0.25) is 0 Å². The monoisotopic (exact) mass is 275 g/mol. The van der Waals surface area contributed by atoms with Gasteiger partial charge in [-0.3, -0.25) is 4.79 Å². The maximum absolute atomic E-state index is 11.9. The zero-order valence-electron chi connectivity index (χ0n) is 11.7. The number of aromatic nitrogens is 2. The Kier molecular flexibility index (Phi) is 3.48. The van der Waals surface area contributed by atoms with E-state index in [0.29, 0.717) is 5.69 Å². The number of hydrogen-bond acceptors (Lipinski definition) is 3. The first-order chi connectivity index (χ1) is 9.28. The van der Waals surface area contributed by atoms with Crippen molar-refractivity contribution in [2.45, 2.75) is 32.7 Å². The maximum Gasteiger partial charge on any atom is 0.328 e. The molecule has 2 rings (SSSR count). The lowest BCUT2D eigenvalue weighted by Gasteiger charge is -2.20. The van der Waals surface area contributed by atoms with Crippen LogP contribution in [0.15, 0.2) is 24.5 Å². The molecule has 0 atom stereocenters. The molecule has 0 bridgehead atoms. The van der Waals surface area contributed by atoms with Crippen molar-refractivity contribution in [1.29, 1.82) is 0 Å². The SMILES string of the molecule is Cc1ccn2cc(CC(=O)NC(C)(C)C(=O)O)nc2c1. The number of pyridine rings is 1. The van der Waals surface area contributed by atoms with E-state index in [1.807, 2.05) is 29.7 Å². The Hall–Kier alpha value is -2.37. The fourth-order valence-corrected chi connectivity index (χ4v) is 1.83. The van der Waals surface area contributed by atoms with Crippen molar-refractivity contribution in [3.05, 3.63) is 35.8 Å². The summed E-state index contributed by atoms with van der Waals surface area (Å²) >= 11 is 0. The third-order valence-corrected chi connectivity index (χ3v) is 2.99. The molecule has 0 aliphatic heterocycles. The van der Waals surface area contributed by atoms with Gasteiger partial charge < -0.3 is 14.8 Å². The summed E-state index contributed by atoms with van der Waals surface area (Å²) in [6, 6.07) is 3.87. The van der Waals surface area contributed by atoms with Gasteiger partial charge in [-0.2, -0.15) is 0 Å². The van der Waals surface area contributed by atoms with Crippen molar-refractivity contribution >= 4 is 17.5 Å². The zero-order chi connectivity index (χ0) is 14.9. The molecule has 106 valence electrons. The average molecular weight is 275 g/mol. The van der Waals surface area contributed by atoms with Gasteiger partial charge in [0.1, 0.15) is 11.2 Å². The van der Waals surface area contributed by atoms with Crippen LogP contribution in [-0.2, 0) is 16.0 Å². The van der Waals surface area contributed by atoms with E-state index in [4.69, 9.17) is 5.11 Å². The molecule has 0 aliphatic carbocycles. The molecule has 2 heterocycles. The highest BCUT2D eigenvalue weighted by Crippen LogP contribution is 2.09. The highest BCUT2D eigenvalue weighted by atomic mass is 16.4. The first kappa shape index (κ1) is 14.0. The average Bonchev–Trinajstić information content (AvgIpc) is 2.68. The first-order valence-electron chi connectivity index (χ1n) is 6.26. The molecule has 0 saturated heterocycles. The van der Waals surface area contributed by atoms with Crippen LogP contribution in [0.4, 0.5) is 0 Å². The molecule has 6 heteroatoms. The van der Waals surface area contributed by atoms with Crippen LogP contribution in [-0.4, -0.2) is 31.9 Å². The number of aryl methyl sites for hydroxylation is 1. The van der Waals surface area contributed by atoms with Crippen molar-refractivity contribution < 1.29 is 14.7 Å². The Morgan fingerprint density at radius 2 is 2.15 bits per heavy atom. The molecule has 0 radical (unpaired) electrons. The third kappa shape index (κ3) is 2.96. The lowest BCUT2D eigenvalue weighted by atomic mass is 10.1. The summed E-state index contributed by atoms with van der Waals surface area (Å²) in [6.07, 6.45) is 3.69. The van der Waals surface area contributed by atoms with Gasteiger partial charge in [0.25, 0.3) is 0 Å². The van der Waals surface area contributed by atoms with Crippen LogP contribution in [0.1, 0.15) is 25.1 Å². The molecule has 0 fully saturated rings. The van der Waals surface area contributed by atoms with Crippen molar-refractivity contribution in [3.63, 3.8) is 0 Å². The number of nitrogens with zero attached hydrogens (tertiary/aromatic N) is 2. The van der Waals surface area contributed by atoms with E-state index in [2.05, 4.69) is 10.3 Å². The normalized spacial score (nSPS) is 11.6. The summed E-state index contributed by atoms with van der Waals surface area (Å²) in [4.78, 5) is 27.1. The number of nitrogens with one attached hydrogen (secondary N) is 1. The van der Waals surface area contributed by atoms with Gasteiger partial charge in [0.05, 0.1) is 12.1 Å². The molecule has 0 unspecified atom stereocenters. The molecule has 2 aromatic heterocycles. The fourth-order valence-electron chi connectivity index (χ4n) is 1.83. The van der Waals surface area contributed by atoms with Crippen molar-refractivity contribution in [2.75, 3.05) is 0 Å². The number of carbonyl (C=O) groups excluding carboxylic acids is 1. The number of hydrogen-bond donors (Lipinski definition) is 2. The number of imidazole rings is 1. The van der Waals surface area contributed by atoms with E-state index < -0.39 is 11.5 Å². The fraction of sp³-hybridized carbons (Fsp3) is 0.357. The largest absolute Gasteiger partial charge is 0.480 e. The minimum Gasteiger partial charge on any atom is -0.480 e. The minimum atomic E-state index is -1.28. The summed E-state index contributed by atoms with van der Waals surface area (Å²) in [5.74, 6) is -1.44. The molecule has 0 aromatic carbocycles. The number of rotatable bonds is 4. The van der Waals surface area contributed by atoms with E-state index in [0.717, 1.165) is 11.2 Å². The van der Waals surface area contributed by atoms with Gasteiger partial charge in [-0.15, -0.1) is 0 Å². The lowest BCUT2D eigenvalue weighted by Crippen LogP contribution is -2.50. The van der Waals surface area contributed by atoms with E-state index in [9.17, 15) is 9.59 Å². The van der Waals surface area contributed by atoms with Gasteiger partial charge in [0, 0.05) is 12.4 Å². The number of carboxylic acids is 1. The number of fused-ring (bicyclic) bond motifs is 1. The van der Waals surface area contributed by atoms with Crippen LogP contribution >= 0.6 is 0 Å². The summed E-state index contributed by atoms with van der Waals surface area (Å²) in [5, 5.41) is 11.4. The van der Waals surface area contributed by atoms with Crippen LogP contribution < -0.4 is 5.32 Å². The van der Waals surface area contributed by atoms with Crippen molar-refractivity contribution in [2.24, 2.45) is 0 Å². The Morgan fingerprint density at radius 3 is 2.80 bits per heavy atom. The first-order valence-corrected chi connectivity index (χ1v) is 6.26. The molecule has 0 aliphatic rings. The number of amides is 1. The second-order valence-corrected chi connectivity index (χ2v) is 5.36. The Bertz CT molecular complexity index is 673. The van der Waals surface area contributed by atoms with Gasteiger partial charge in [-0.25, -0.2) is 9.78 Å². The molecule has 1 amide bonds. The highest BCUT2D eigenvalue weighted by Gasteiger charge is 2.28. The molecule has 2 aromatic rings. The van der Waals surface area contributed by atoms with Crippen molar-refractivity contribution in [1.82, 2.24) is 14.7 Å².